The van der Waals surface area contributed by atoms with Crippen LogP contribution in [0.2, 0.25) is 0 Å². The van der Waals surface area contributed by atoms with Crippen LogP contribution in [0.1, 0.15) is 46.1 Å². The van der Waals surface area contributed by atoms with Crippen molar-refractivity contribution in [3.63, 3.8) is 0 Å². The van der Waals surface area contributed by atoms with Crippen molar-refractivity contribution in [2.24, 2.45) is 11.7 Å². The topological polar surface area (TPSA) is 53.1 Å². The van der Waals surface area contributed by atoms with E-state index >= 15 is 0 Å². The Bertz CT molecular complexity index is 453. The lowest BCUT2D eigenvalue weighted by Gasteiger charge is -2.34. The van der Waals surface area contributed by atoms with Crippen LogP contribution in [-0.2, 0) is 0 Å². The third-order valence-electron chi connectivity index (χ3n) is 3.52. The van der Waals surface area contributed by atoms with Crippen LogP contribution >= 0.6 is 15.9 Å². The van der Waals surface area contributed by atoms with Crippen LogP contribution in [0.25, 0.3) is 0 Å². The van der Waals surface area contributed by atoms with Crippen LogP contribution in [0.5, 0.6) is 0 Å². The summed E-state index contributed by atoms with van der Waals surface area (Å²) in [5.74, 6) is 0.711. The molecule has 1 rings (SSSR count). The van der Waals surface area contributed by atoms with E-state index in [4.69, 9.17) is 11.1 Å². The lowest BCUT2D eigenvalue weighted by molar-refractivity contribution is 0.507. The zero-order chi connectivity index (χ0) is 15.3. The fourth-order valence-electron chi connectivity index (χ4n) is 2.49. The summed E-state index contributed by atoms with van der Waals surface area (Å²) < 4.78 is 0.891. The van der Waals surface area contributed by atoms with Crippen LogP contribution in [0.15, 0.2) is 22.7 Å². The normalized spacial score (nSPS) is 11.2. The average Bonchev–Trinajstić information content (AvgIpc) is 2.37. The number of anilines is 1. The van der Waals surface area contributed by atoms with Gasteiger partial charge < -0.3 is 10.6 Å². The second-order valence-electron chi connectivity index (χ2n) is 5.59. The van der Waals surface area contributed by atoms with E-state index in [0.29, 0.717) is 12.0 Å². The Morgan fingerprint density at radius 3 is 2.30 bits per heavy atom. The molecular weight excluding hydrogens is 314 g/mol. The first-order valence-corrected chi connectivity index (χ1v) is 8.10. The first-order valence-electron chi connectivity index (χ1n) is 7.31. The Morgan fingerprint density at radius 2 is 1.90 bits per heavy atom. The van der Waals surface area contributed by atoms with Crippen molar-refractivity contribution in [3.8, 4) is 0 Å². The number of hydrogen-bond acceptors (Lipinski definition) is 2. The maximum absolute atomic E-state index is 7.56. The number of nitrogen functional groups attached to an aromatic ring is 1. The van der Waals surface area contributed by atoms with Crippen LogP contribution in [-0.4, -0.2) is 18.4 Å². The third-order valence-corrected chi connectivity index (χ3v) is 4.18. The Morgan fingerprint density at radius 1 is 1.30 bits per heavy atom. The highest BCUT2D eigenvalue weighted by Crippen LogP contribution is 2.27. The van der Waals surface area contributed by atoms with Crippen LogP contribution < -0.4 is 10.6 Å². The van der Waals surface area contributed by atoms with Gasteiger partial charge in [0.15, 0.2) is 0 Å². The quantitative estimate of drug-likeness (QED) is 0.571. The van der Waals surface area contributed by atoms with E-state index < -0.39 is 0 Å². The largest absolute Gasteiger partial charge is 0.384 e. The van der Waals surface area contributed by atoms with Gasteiger partial charge in [-0.1, -0.05) is 27.7 Å². The molecule has 1 aromatic carbocycles. The van der Waals surface area contributed by atoms with Crippen LogP contribution in [0.3, 0.4) is 0 Å². The maximum Gasteiger partial charge on any atom is 0.123 e. The van der Waals surface area contributed by atoms with Gasteiger partial charge in [-0.05, 0) is 52.9 Å². The van der Waals surface area contributed by atoms with Crippen molar-refractivity contribution in [2.45, 2.75) is 46.6 Å². The average molecular weight is 340 g/mol. The first kappa shape index (κ1) is 17.0. The van der Waals surface area contributed by atoms with Gasteiger partial charge >= 0.3 is 0 Å². The molecule has 112 valence electrons. The van der Waals surface area contributed by atoms with Gasteiger partial charge in [-0.25, -0.2) is 0 Å². The van der Waals surface area contributed by atoms with E-state index in [1.54, 1.807) is 0 Å². The molecule has 1 aromatic rings. The molecule has 0 aliphatic rings. The number of hydrogen-bond donors (Lipinski definition) is 2. The molecule has 3 nitrogen and oxygen atoms in total. The van der Waals surface area contributed by atoms with Gasteiger partial charge in [-0.2, -0.15) is 0 Å². The molecule has 0 radical (unpaired) electrons. The van der Waals surface area contributed by atoms with Crippen molar-refractivity contribution in [2.75, 3.05) is 11.4 Å². The lowest BCUT2D eigenvalue weighted by Crippen LogP contribution is -2.37. The second kappa shape index (κ2) is 7.67. The molecule has 0 aliphatic heterocycles. The predicted molar refractivity (Wildman–Crippen MR) is 91.7 cm³/mol. The number of nitrogens with one attached hydrogen (secondary N) is 1. The van der Waals surface area contributed by atoms with Gasteiger partial charge in [0.05, 0.1) is 0 Å². The molecule has 3 N–H and O–H groups in total. The molecular formula is C16H26BrN3. The third kappa shape index (κ3) is 4.23. The Kier molecular flexibility index (Phi) is 6.53. The molecule has 20 heavy (non-hydrogen) atoms. The molecule has 0 atom stereocenters. The lowest BCUT2D eigenvalue weighted by atomic mass is 10.1. The molecule has 0 aromatic heterocycles. The zero-order valence-electron chi connectivity index (χ0n) is 12.9. The van der Waals surface area contributed by atoms with Crippen LogP contribution in [0, 0.1) is 11.3 Å². The van der Waals surface area contributed by atoms with Gasteiger partial charge in [-0.3, -0.25) is 5.41 Å². The smallest absolute Gasteiger partial charge is 0.123 e. The first-order chi connectivity index (χ1) is 9.40. The summed E-state index contributed by atoms with van der Waals surface area (Å²) in [6, 6.07) is 6.63. The van der Waals surface area contributed by atoms with Gasteiger partial charge in [0.1, 0.15) is 5.84 Å². The summed E-state index contributed by atoms with van der Waals surface area (Å²) in [4.78, 5) is 2.47. The SMILES string of the molecule is CCC(CC)N(CC(C)C)c1ccc(C(=N)N)c(Br)c1. The Hall–Kier alpha value is -1.03. The van der Waals surface area contributed by atoms with Crippen molar-refractivity contribution in [3.05, 3.63) is 28.2 Å². The number of nitrogens with zero attached hydrogens (tertiary/aromatic N) is 1. The molecule has 4 heteroatoms. The van der Waals surface area contributed by atoms with Crippen LogP contribution in [0.4, 0.5) is 5.69 Å². The highest BCUT2D eigenvalue weighted by molar-refractivity contribution is 9.10. The summed E-state index contributed by atoms with van der Waals surface area (Å²) in [5, 5.41) is 7.56. The van der Waals surface area contributed by atoms with Crippen molar-refractivity contribution in [1.82, 2.24) is 0 Å². The van der Waals surface area contributed by atoms with Crippen molar-refractivity contribution >= 4 is 27.5 Å². The molecule has 0 saturated heterocycles. The number of benzene rings is 1. The molecule has 0 heterocycles. The molecule has 0 aliphatic carbocycles. The monoisotopic (exact) mass is 339 g/mol. The summed E-state index contributed by atoms with van der Waals surface area (Å²) in [6.07, 6.45) is 2.27. The zero-order valence-corrected chi connectivity index (χ0v) is 14.5. The summed E-state index contributed by atoms with van der Waals surface area (Å²) in [5.41, 5.74) is 7.52. The molecule has 0 saturated carbocycles. The highest BCUT2D eigenvalue weighted by Gasteiger charge is 2.18. The van der Waals surface area contributed by atoms with Gasteiger partial charge in [0.25, 0.3) is 0 Å². The van der Waals surface area contributed by atoms with Gasteiger partial charge in [-0.15, -0.1) is 0 Å². The number of nitrogens with two attached hydrogens (primary N) is 1. The molecule has 0 bridgehead atoms. The van der Waals surface area contributed by atoms with E-state index in [0.717, 1.165) is 29.4 Å². The van der Waals surface area contributed by atoms with E-state index in [2.05, 4.69) is 60.7 Å². The minimum atomic E-state index is 0.0985. The number of amidine groups is 1. The summed E-state index contributed by atoms with van der Waals surface area (Å²) in [6.45, 7) is 10.0. The van der Waals surface area contributed by atoms with E-state index in [9.17, 15) is 0 Å². The Labute approximate surface area is 131 Å². The van der Waals surface area contributed by atoms with Gasteiger partial charge in [0.2, 0.25) is 0 Å². The van der Waals surface area contributed by atoms with E-state index in [-0.39, 0.29) is 5.84 Å². The van der Waals surface area contributed by atoms with Gasteiger partial charge in [0, 0.05) is 28.3 Å². The van der Waals surface area contributed by atoms with E-state index in [1.165, 1.54) is 5.69 Å². The molecule has 0 unspecified atom stereocenters. The second-order valence-corrected chi connectivity index (χ2v) is 6.45. The highest BCUT2D eigenvalue weighted by atomic mass is 79.9. The minimum Gasteiger partial charge on any atom is -0.384 e. The number of halogens is 1. The molecule has 0 fully saturated rings. The number of rotatable bonds is 7. The van der Waals surface area contributed by atoms with Crippen molar-refractivity contribution in [1.29, 1.82) is 5.41 Å². The standard InChI is InChI=1S/C16H26BrN3/c1-5-12(6-2)20(10-11(3)4)13-7-8-14(16(18)19)15(17)9-13/h7-9,11-12H,5-6,10H2,1-4H3,(H3,18,19). The Balaban J connectivity index is 3.13. The fourth-order valence-corrected chi connectivity index (χ4v) is 3.07. The van der Waals surface area contributed by atoms with Crippen molar-refractivity contribution < 1.29 is 0 Å². The maximum atomic E-state index is 7.56. The summed E-state index contributed by atoms with van der Waals surface area (Å²) >= 11 is 3.53. The molecule has 0 spiro atoms. The minimum absolute atomic E-state index is 0.0985. The summed E-state index contributed by atoms with van der Waals surface area (Å²) in [7, 11) is 0. The predicted octanol–water partition coefficient (Wildman–Crippen LogP) is 4.38. The molecule has 0 amide bonds. The van der Waals surface area contributed by atoms with E-state index in [1.807, 2.05) is 6.07 Å². The fraction of sp³-hybridized carbons (Fsp3) is 0.562.